The predicted octanol–water partition coefficient (Wildman–Crippen LogP) is 0.530. The Morgan fingerprint density at radius 3 is 3.19 bits per heavy atom. The Hall–Kier alpha value is -0.940. The average Bonchev–Trinajstić information content (AvgIpc) is 2.86. The summed E-state index contributed by atoms with van der Waals surface area (Å²) in [6, 6.07) is 0. The van der Waals surface area contributed by atoms with E-state index in [4.69, 9.17) is 0 Å². The summed E-state index contributed by atoms with van der Waals surface area (Å²) < 4.78 is 1.98. The van der Waals surface area contributed by atoms with Gasteiger partial charge in [0.2, 0.25) is 0 Å². The molecule has 0 bridgehead atoms. The molecular formula is C11H21N5. The zero-order chi connectivity index (χ0) is 11.4. The lowest BCUT2D eigenvalue weighted by atomic mass is 10.0. The van der Waals surface area contributed by atoms with Crippen molar-refractivity contribution in [1.29, 1.82) is 0 Å². The third kappa shape index (κ3) is 2.59. The zero-order valence-corrected chi connectivity index (χ0v) is 10.2. The van der Waals surface area contributed by atoms with Crippen LogP contribution in [-0.4, -0.2) is 33.4 Å². The van der Waals surface area contributed by atoms with E-state index in [-0.39, 0.29) is 5.54 Å². The first-order valence-corrected chi connectivity index (χ1v) is 6.06. The zero-order valence-electron chi connectivity index (χ0n) is 10.2. The van der Waals surface area contributed by atoms with Gasteiger partial charge in [0.05, 0.1) is 6.54 Å². The summed E-state index contributed by atoms with van der Waals surface area (Å²) in [5.74, 6) is 1.04. The molecule has 1 atom stereocenters. The predicted molar refractivity (Wildman–Crippen MR) is 63.0 cm³/mol. The molecule has 1 aliphatic heterocycles. The average molecular weight is 223 g/mol. The molecule has 0 amide bonds. The molecular weight excluding hydrogens is 202 g/mol. The van der Waals surface area contributed by atoms with Crippen LogP contribution < -0.4 is 10.6 Å². The molecule has 0 radical (unpaired) electrons. The molecule has 5 heteroatoms. The van der Waals surface area contributed by atoms with E-state index in [1.165, 1.54) is 6.42 Å². The van der Waals surface area contributed by atoms with Crippen LogP contribution in [0.2, 0.25) is 0 Å². The van der Waals surface area contributed by atoms with Gasteiger partial charge in [-0.25, -0.2) is 9.67 Å². The number of hydrogen-bond acceptors (Lipinski definition) is 4. The van der Waals surface area contributed by atoms with Gasteiger partial charge < -0.3 is 10.6 Å². The lowest BCUT2D eigenvalue weighted by Gasteiger charge is -2.24. The van der Waals surface area contributed by atoms with Gasteiger partial charge in [0, 0.05) is 18.6 Å². The first-order valence-electron chi connectivity index (χ1n) is 6.06. The van der Waals surface area contributed by atoms with Gasteiger partial charge in [-0.3, -0.25) is 0 Å². The first kappa shape index (κ1) is 11.5. The van der Waals surface area contributed by atoms with Crippen molar-refractivity contribution in [2.75, 3.05) is 13.1 Å². The van der Waals surface area contributed by atoms with Crippen molar-refractivity contribution in [2.24, 2.45) is 0 Å². The van der Waals surface area contributed by atoms with Crippen LogP contribution in [0, 0.1) is 0 Å². The fourth-order valence-corrected chi connectivity index (χ4v) is 2.08. The molecule has 2 heterocycles. The summed E-state index contributed by atoms with van der Waals surface area (Å²) in [5, 5.41) is 11.2. The van der Waals surface area contributed by atoms with E-state index in [1.54, 1.807) is 6.33 Å². The summed E-state index contributed by atoms with van der Waals surface area (Å²) in [6.45, 7) is 8.30. The molecule has 2 N–H and O–H groups in total. The number of nitrogens with zero attached hydrogens (tertiary/aromatic N) is 3. The van der Waals surface area contributed by atoms with E-state index in [2.05, 4.69) is 34.6 Å². The maximum atomic E-state index is 4.30. The van der Waals surface area contributed by atoms with Gasteiger partial charge >= 0.3 is 0 Å². The van der Waals surface area contributed by atoms with Crippen LogP contribution in [0.25, 0.3) is 0 Å². The molecule has 0 saturated carbocycles. The summed E-state index contributed by atoms with van der Waals surface area (Å²) >= 11 is 0. The van der Waals surface area contributed by atoms with Crippen molar-refractivity contribution in [1.82, 2.24) is 25.4 Å². The minimum Gasteiger partial charge on any atom is -0.315 e. The molecule has 1 aliphatic rings. The highest BCUT2D eigenvalue weighted by Gasteiger charge is 2.27. The molecule has 90 valence electrons. The Labute approximate surface area is 96.6 Å². The summed E-state index contributed by atoms with van der Waals surface area (Å²) in [7, 11) is 0. The van der Waals surface area contributed by atoms with Crippen LogP contribution in [0.3, 0.4) is 0 Å². The third-order valence-electron chi connectivity index (χ3n) is 3.17. The molecule has 1 unspecified atom stereocenters. The van der Waals surface area contributed by atoms with Gasteiger partial charge in [-0.1, -0.05) is 6.92 Å². The van der Waals surface area contributed by atoms with Crippen LogP contribution in [-0.2, 0) is 13.1 Å². The fraction of sp³-hybridized carbons (Fsp3) is 0.818. The second-order valence-electron chi connectivity index (χ2n) is 4.74. The minimum atomic E-state index is 0.211. The Morgan fingerprint density at radius 1 is 1.62 bits per heavy atom. The van der Waals surface area contributed by atoms with Gasteiger partial charge in [-0.05, 0) is 26.3 Å². The lowest BCUT2D eigenvalue weighted by Crippen LogP contribution is -2.44. The van der Waals surface area contributed by atoms with E-state index < -0.39 is 0 Å². The minimum absolute atomic E-state index is 0.211. The number of nitrogens with one attached hydrogen (secondary N) is 2. The first-order chi connectivity index (χ1) is 7.73. The third-order valence-corrected chi connectivity index (χ3v) is 3.17. The molecule has 1 saturated heterocycles. The van der Waals surface area contributed by atoms with Gasteiger partial charge in [0.1, 0.15) is 12.2 Å². The van der Waals surface area contributed by atoms with Crippen molar-refractivity contribution in [2.45, 2.75) is 45.3 Å². The Balaban J connectivity index is 1.91. The van der Waals surface area contributed by atoms with Crippen LogP contribution in [0.5, 0.6) is 0 Å². The fourth-order valence-electron chi connectivity index (χ4n) is 2.08. The monoisotopic (exact) mass is 223 g/mol. The molecule has 5 nitrogen and oxygen atoms in total. The van der Waals surface area contributed by atoms with E-state index >= 15 is 0 Å². The molecule has 1 aromatic rings. The SMILES string of the molecule is CCCn1ncnc1CNC1(C)CCNC1. The molecule has 16 heavy (non-hydrogen) atoms. The van der Waals surface area contributed by atoms with E-state index in [0.717, 1.165) is 38.4 Å². The molecule has 0 aromatic carbocycles. The Kier molecular flexibility index (Phi) is 3.56. The lowest BCUT2D eigenvalue weighted by molar-refractivity contribution is 0.373. The highest BCUT2D eigenvalue weighted by Crippen LogP contribution is 2.13. The second kappa shape index (κ2) is 4.93. The second-order valence-corrected chi connectivity index (χ2v) is 4.74. The van der Waals surface area contributed by atoms with E-state index in [1.807, 2.05) is 4.68 Å². The van der Waals surface area contributed by atoms with E-state index in [9.17, 15) is 0 Å². The summed E-state index contributed by atoms with van der Waals surface area (Å²) in [5.41, 5.74) is 0.211. The number of aryl methyl sites for hydroxylation is 1. The summed E-state index contributed by atoms with van der Waals surface area (Å²) in [6.07, 6.45) is 3.91. The smallest absolute Gasteiger partial charge is 0.140 e. The number of rotatable bonds is 5. The normalized spacial score (nSPS) is 25.1. The topological polar surface area (TPSA) is 54.8 Å². The van der Waals surface area contributed by atoms with Crippen molar-refractivity contribution >= 4 is 0 Å². The quantitative estimate of drug-likeness (QED) is 0.764. The molecule has 1 aromatic heterocycles. The molecule has 0 spiro atoms. The standard InChI is InChI=1S/C11H21N5/c1-3-6-16-10(13-9-15-16)7-14-11(2)4-5-12-8-11/h9,12,14H,3-8H2,1-2H3. The van der Waals surface area contributed by atoms with Gasteiger partial charge in [-0.2, -0.15) is 5.10 Å². The summed E-state index contributed by atoms with van der Waals surface area (Å²) in [4.78, 5) is 4.30. The van der Waals surface area contributed by atoms with Crippen LogP contribution in [0.4, 0.5) is 0 Å². The van der Waals surface area contributed by atoms with E-state index in [0.29, 0.717) is 0 Å². The highest BCUT2D eigenvalue weighted by atomic mass is 15.3. The largest absolute Gasteiger partial charge is 0.315 e. The van der Waals surface area contributed by atoms with Crippen LogP contribution in [0.15, 0.2) is 6.33 Å². The Morgan fingerprint density at radius 2 is 2.50 bits per heavy atom. The van der Waals surface area contributed by atoms with Crippen molar-refractivity contribution < 1.29 is 0 Å². The molecule has 1 fully saturated rings. The molecule has 2 rings (SSSR count). The maximum absolute atomic E-state index is 4.30. The number of hydrogen-bond donors (Lipinski definition) is 2. The van der Waals surface area contributed by atoms with Crippen molar-refractivity contribution in [3.8, 4) is 0 Å². The van der Waals surface area contributed by atoms with Crippen LogP contribution in [0.1, 0.15) is 32.5 Å². The van der Waals surface area contributed by atoms with Crippen LogP contribution >= 0.6 is 0 Å². The molecule has 0 aliphatic carbocycles. The van der Waals surface area contributed by atoms with Crippen molar-refractivity contribution in [3.63, 3.8) is 0 Å². The van der Waals surface area contributed by atoms with Gasteiger partial charge in [0.25, 0.3) is 0 Å². The highest BCUT2D eigenvalue weighted by molar-refractivity contribution is 4.94. The van der Waals surface area contributed by atoms with Gasteiger partial charge in [0.15, 0.2) is 0 Å². The number of aromatic nitrogens is 3. The Bertz CT molecular complexity index is 327. The maximum Gasteiger partial charge on any atom is 0.140 e. The van der Waals surface area contributed by atoms with Gasteiger partial charge in [-0.15, -0.1) is 0 Å². The van der Waals surface area contributed by atoms with Crippen molar-refractivity contribution in [3.05, 3.63) is 12.2 Å².